The zero-order valence-corrected chi connectivity index (χ0v) is 14.8. The van der Waals surface area contributed by atoms with Crippen LogP contribution in [0.1, 0.15) is 17.3 Å². The van der Waals surface area contributed by atoms with Gasteiger partial charge in [0.15, 0.2) is 0 Å². The predicted molar refractivity (Wildman–Crippen MR) is 101 cm³/mol. The Hall–Kier alpha value is -3.27. The maximum Gasteiger partial charge on any atom is 0.343 e. The van der Waals surface area contributed by atoms with Crippen molar-refractivity contribution >= 4 is 5.97 Å². The number of rotatable bonds is 6. The van der Waals surface area contributed by atoms with Crippen molar-refractivity contribution in [3.63, 3.8) is 0 Å². The first-order valence-corrected chi connectivity index (χ1v) is 8.39. The monoisotopic (exact) mass is 348 g/mol. The molecule has 0 spiro atoms. The Kier molecular flexibility index (Phi) is 5.54. The van der Waals surface area contributed by atoms with Gasteiger partial charge in [-0.1, -0.05) is 24.3 Å². The van der Waals surface area contributed by atoms with Gasteiger partial charge in [-0.25, -0.2) is 4.79 Å². The molecule has 0 aliphatic rings. The SMILES string of the molecule is CCOc1ccc(OC(=O)c2cccc(-c3ccc(OC)cc3)c2)cc1. The van der Waals surface area contributed by atoms with Gasteiger partial charge >= 0.3 is 5.97 Å². The highest BCUT2D eigenvalue weighted by atomic mass is 16.5. The largest absolute Gasteiger partial charge is 0.497 e. The highest BCUT2D eigenvalue weighted by Crippen LogP contribution is 2.24. The minimum absolute atomic E-state index is 0.399. The molecular formula is C22H20O4. The fourth-order valence-electron chi connectivity index (χ4n) is 2.55. The van der Waals surface area contributed by atoms with Gasteiger partial charge in [0.25, 0.3) is 0 Å². The second-order valence-electron chi connectivity index (χ2n) is 5.60. The minimum Gasteiger partial charge on any atom is -0.497 e. The molecule has 132 valence electrons. The van der Waals surface area contributed by atoms with Crippen molar-refractivity contribution in [2.24, 2.45) is 0 Å². The number of carbonyl (C=O) groups excluding carboxylic acids is 1. The molecule has 3 aromatic carbocycles. The number of carbonyl (C=O) groups is 1. The second kappa shape index (κ2) is 8.21. The molecule has 4 nitrogen and oxygen atoms in total. The van der Waals surface area contributed by atoms with Crippen LogP contribution in [0.5, 0.6) is 17.2 Å². The standard InChI is InChI=1S/C22H20O4/c1-3-25-20-11-13-21(14-12-20)26-22(23)18-6-4-5-17(15-18)16-7-9-19(24-2)10-8-16/h4-15H,3H2,1-2H3. The molecule has 26 heavy (non-hydrogen) atoms. The summed E-state index contributed by atoms with van der Waals surface area (Å²) in [7, 11) is 1.63. The maximum atomic E-state index is 12.4. The summed E-state index contributed by atoms with van der Waals surface area (Å²) in [5.74, 6) is 1.62. The van der Waals surface area contributed by atoms with Crippen LogP contribution < -0.4 is 14.2 Å². The van der Waals surface area contributed by atoms with E-state index in [1.54, 1.807) is 37.4 Å². The first kappa shape index (κ1) is 17.5. The lowest BCUT2D eigenvalue weighted by molar-refractivity contribution is 0.0734. The Morgan fingerprint density at radius 3 is 2.12 bits per heavy atom. The quantitative estimate of drug-likeness (QED) is 0.465. The summed E-state index contributed by atoms with van der Waals surface area (Å²) in [4.78, 5) is 12.4. The lowest BCUT2D eigenvalue weighted by Crippen LogP contribution is -2.08. The van der Waals surface area contributed by atoms with E-state index in [1.807, 2.05) is 49.4 Å². The molecular weight excluding hydrogens is 328 g/mol. The predicted octanol–water partition coefficient (Wildman–Crippen LogP) is 4.98. The van der Waals surface area contributed by atoms with Crippen molar-refractivity contribution in [3.05, 3.63) is 78.4 Å². The second-order valence-corrected chi connectivity index (χ2v) is 5.60. The number of esters is 1. The first-order chi connectivity index (χ1) is 12.7. The van der Waals surface area contributed by atoms with Crippen LogP contribution >= 0.6 is 0 Å². The molecule has 0 N–H and O–H groups in total. The van der Waals surface area contributed by atoms with E-state index in [9.17, 15) is 4.79 Å². The van der Waals surface area contributed by atoms with Crippen LogP contribution in [0.3, 0.4) is 0 Å². The number of benzene rings is 3. The molecule has 0 unspecified atom stereocenters. The smallest absolute Gasteiger partial charge is 0.343 e. The van der Waals surface area contributed by atoms with Crippen LogP contribution in [0.2, 0.25) is 0 Å². The third kappa shape index (κ3) is 4.22. The van der Waals surface area contributed by atoms with E-state index < -0.39 is 5.97 Å². The molecule has 0 amide bonds. The van der Waals surface area contributed by atoms with Crippen molar-refractivity contribution in [3.8, 4) is 28.4 Å². The summed E-state index contributed by atoms with van der Waals surface area (Å²) in [5.41, 5.74) is 2.43. The molecule has 0 aliphatic heterocycles. The van der Waals surface area contributed by atoms with E-state index in [0.717, 1.165) is 22.6 Å². The molecule has 0 aromatic heterocycles. The average Bonchev–Trinajstić information content (AvgIpc) is 2.70. The summed E-state index contributed by atoms with van der Waals surface area (Å²) in [6.07, 6.45) is 0. The van der Waals surface area contributed by atoms with Crippen molar-refractivity contribution in [1.82, 2.24) is 0 Å². The van der Waals surface area contributed by atoms with Crippen LogP contribution in [0, 0.1) is 0 Å². The van der Waals surface area contributed by atoms with E-state index in [2.05, 4.69) is 0 Å². The molecule has 3 rings (SSSR count). The summed E-state index contributed by atoms with van der Waals surface area (Å²) in [6.45, 7) is 2.51. The average molecular weight is 348 g/mol. The summed E-state index contributed by atoms with van der Waals surface area (Å²) >= 11 is 0. The molecule has 0 radical (unpaired) electrons. The van der Waals surface area contributed by atoms with Gasteiger partial charge in [0.1, 0.15) is 17.2 Å². The molecule has 0 heterocycles. The van der Waals surface area contributed by atoms with Gasteiger partial charge in [-0.3, -0.25) is 0 Å². The lowest BCUT2D eigenvalue weighted by Gasteiger charge is -2.08. The van der Waals surface area contributed by atoms with Crippen LogP contribution in [0.4, 0.5) is 0 Å². The Morgan fingerprint density at radius 1 is 0.808 bits per heavy atom. The highest BCUT2D eigenvalue weighted by Gasteiger charge is 2.10. The topological polar surface area (TPSA) is 44.8 Å². The lowest BCUT2D eigenvalue weighted by atomic mass is 10.0. The van der Waals surface area contributed by atoms with Crippen molar-refractivity contribution < 1.29 is 19.0 Å². The summed E-state index contributed by atoms with van der Waals surface area (Å²) in [5, 5.41) is 0. The van der Waals surface area contributed by atoms with E-state index in [-0.39, 0.29) is 0 Å². The third-order valence-corrected chi connectivity index (χ3v) is 3.87. The van der Waals surface area contributed by atoms with E-state index in [4.69, 9.17) is 14.2 Å². The number of ether oxygens (including phenoxy) is 3. The molecule has 3 aromatic rings. The molecule has 0 saturated carbocycles. The van der Waals surface area contributed by atoms with Crippen molar-refractivity contribution in [2.75, 3.05) is 13.7 Å². The van der Waals surface area contributed by atoms with Gasteiger partial charge in [0, 0.05) is 0 Å². The van der Waals surface area contributed by atoms with Gasteiger partial charge in [0.2, 0.25) is 0 Å². The fraction of sp³-hybridized carbons (Fsp3) is 0.136. The Labute approximate surface area is 153 Å². The zero-order chi connectivity index (χ0) is 18.4. The number of hydrogen-bond donors (Lipinski definition) is 0. The van der Waals surface area contributed by atoms with E-state index >= 15 is 0 Å². The van der Waals surface area contributed by atoms with Crippen LogP contribution in [-0.4, -0.2) is 19.7 Å². The Balaban J connectivity index is 1.75. The van der Waals surface area contributed by atoms with Crippen LogP contribution in [0.15, 0.2) is 72.8 Å². The molecule has 0 saturated heterocycles. The van der Waals surface area contributed by atoms with Crippen molar-refractivity contribution in [2.45, 2.75) is 6.92 Å². The molecule has 0 fully saturated rings. The third-order valence-electron chi connectivity index (χ3n) is 3.87. The first-order valence-electron chi connectivity index (χ1n) is 8.39. The highest BCUT2D eigenvalue weighted by molar-refractivity contribution is 5.92. The Bertz CT molecular complexity index is 867. The summed E-state index contributed by atoms with van der Waals surface area (Å²) < 4.78 is 16.0. The zero-order valence-electron chi connectivity index (χ0n) is 14.8. The van der Waals surface area contributed by atoms with E-state index in [1.165, 1.54) is 0 Å². The molecule has 0 aliphatic carbocycles. The maximum absolute atomic E-state index is 12.4. The van der Waals surface area contributed by atoms with Crippen molar-refractivity contribution in [1.29, 1.82) is 0 Å². The van der Waals surface area contributed by atoms with Crippen LogP contribution in [-0.2, 0) is 0 Å². The number of hydrogen-bond acceptors (Lipinski definition) is 4. The Morgan fingerprint density at radius 2 is 1.46 bits per heavy atom. The number of methoxy groups -OCH3 is 1. The minimum atomic E-state index is -0.399. The summed E-state index contributed by atoms with van der Waals surface area (Å²) in [6, 6.07) is 22.0. The van der Waals surface area contributed by atoms with E-state index in [0.29, 0.717) is 17.9 Å². The van der Waals surface area contributed by atoms with Gasteiger partial charge in [0.05, 0.1) is 19.3 Å². The molecule has 4 heteroatoms. The molecule has 0 bridgehead atoms. The van der Waals surface area contributed by atoms with Gasteiger partial charge in [-0.15, -0.1) is 0 Å². The normalized spacial score (nSPS) is 10.2. The molecule has 0 atom stereocenters. The van der Waals surface area contributed by atoms with Crippen LogP contribution in [0.25, 0.3) is 11.1 Å². The fourth-order valence-corrected chi connectivity index (χ4v) is 2.55. The van der Waals surface area contributed by atoms with Gasteiger partial charge in [-0.2, -0.15) is 0 Å². The van der Waals surface area contributed by atoms with Gasteiger partial charge < -0.3 is 14.2 Å². The van der Waals surface area contributed by atoms with Gasteiger partial charge in [-0.05, 0) is 66.6 Å².